The van der Waals surface area contributed by atoms with E-state index in [-0.39, 0.29) is 29.0 Å². The molecule has 0 radical (unpaired) electrons. The molecule has 0 aromatic heterocycles. The van der Waals surface area contributed by atoms with Crippen LogP contribution in [0.25, 0.3) is 0 Å². The van der Waals surface area contributed by atoms with Crippen LogP contribution in [0.2, 0.25) is 0 Å². The Morgan fingerprint density at radius 1 is 1.03 bits per heavy atom. The summed E-state index contributed by atoms with van der Waals surface area (Å²) in [6.07, 6.45) is 3.75. The van der Waals surface area contributed by atoms with E-state index < -0.39 is 15.6 Å². The number of amides is 2. The SMILES string of the molecule is CC(C)(C)OC(=O)N1CCC(NC(=O)CCc2ccc(S(=O)(=O)NC3CC3)cc2)CC1. The largest absolute Gasteiger partial charge is 0.444 e. The van der Waals surface area contributed by atoms with E-state index in [1.165, 1.54) is 0 Å². The van der Waals surface area contributed by atoms with Crippen molar-refractivity contribution in [2.45, 2.75) is 81.9 Å². The molecular formula is C22H33N3O5S. The summed E-state index contributed by atoms with van der Waals surface area (Å²) in [5.74, 6) is -0.0391. The van der Waals surface area contributed by atoms with Gasteiger partial charge in [-0.1, -0.05) is 12.1 Å². The topological polar surface area (TPSA) is 105 Å². The number of sulfonamides is 1. The van der Waals surface area contributed by atoms with Gasteiger partial charge >= 0.3 is 6.09 Å². The lowest BCUT2D eigenvalue weighted by Gasteiger charge is -2.33. The summed E-state index contributed by atoms with van der Waals surface area (Å²) in [4.78, 5) is 26.4. The summed E-state index contributed by atoms with van der Waals surface area (Å²) in [6, 6.07) is 6.81. The predicted molar refractivity (Wildman–Crippen MR) is 117 cm³/mol. The van der Waals surface area contributed by atoms with Crippen LogP contribution in [0.5, 0.6) is 0 Å². The number of aryl methyl sites for hydroxylation is 1. The second-order valence-electron chi connectivity index (χ2n) is 9.35. The highest BCUT2D eigenvalue weighted by Gasteiger charge is 2.28. The van der Waals surface area contributed by atoms with E-state index in [0.717, 1.165) is 18.4 Å². The van der Waals surface area contributed by atoms with Gasteiger partial charge in [0.05, 0.1) is 4.90 Å². The van der Waals surface area contributed by atoms with Gasteiger partial charge in [-0.2, -0.15) is 0 Å². The van der Waals surface area contributed by atoms with Crippen LogP contribution in [-0.4, -0.2) is 56.1 Å². The Labute approximate surface area is 184 Å². The Bertz CT molecular complexity index is 881. The molecule has 1 saturated heterocycles. The van der Waals surface area contributed by atoms with Crippen LogP contribution in [0.15, 0.2) is 29.2 Å². The van der Waals surface area contributed by atoms with E-state index in [4.69, 9.17) is 4.74 Å². The first kappa shape index (κ1) is 23.5. The third kappa shape index (κ3) is 7.50. The van der Waals surface area contributed by atoms with Gasteiger partial charge in [0.1, 0.15) is 5.60 Å². The molecule has 8 nitrogen and oxygen atoms in total. The van der Waals surface area contributed by atoms with E-state index in [1.54, 1.807) is 29.2 Å². The average molecular weight is 452 g/mol. The molecule has 3 rings (SSSR count). The third-order valence-corrected chi connectivity index (χ3v) is 6.82. The smallest absolute Gasteiger partial charge is 0.410 e. The van der Waals surface area contributed by atoms with Crippen molar-refractivity contribution in [3.8, 4) is 0 Å². The van der Waals surface area contributed by atoms with Crippen LogP contribution in [0.4, 0.5) is 4.79 Å². The number of hydrogen-bond acceptors (Lipinski definition) is 5. The molecule has 2 N–H and O–H groups in total. The lowest BCUT2D eigenvalue weighted by Crippen LogP contribution is -2.47. The molecule has 1 heterocycles. The lowest BCUT2D eigenvalue weighted by atomic mass is 10.0. The highest BCUT2D eigenvalue weighted by molar-refractivity contribution is 7.89. The minimum absolute atomic E-state index is 0.0391. The zero-order valence-corrected chi connectivity index (χ0v) is 19.3. The molecule has 172 valence electrons. The zero-order chi connectivity index (χ0) is 22.6. The Hall–Kier alpha value is -2.13. The Morgan fingerprint density at radius 2 is 1.65 bits per heavy atom. The van der Waals surface area contributed by atoms with Crippen molar-refractivity contribution in [1.29, 1.82) is 0 Å². The fourth-order valence-electron chi connectivity index (χ4n) is 3.41. The maximum atomic E-state index is 12.3. The molecule has 0 spiro atoms. The van der Waals surface area contributed by atoms with Crippen molar-refractivity contribution in [2.24, 2.45) is 0 Å². The number of nitrogens with one attached hydrogen (secondary N) is 2. The monoisotopic (exact) mass is 451 g/mol. The number of carbonyl (C=O) groups excluding carboxylic acids is 2. The Morgan fingerprint density at radius 3 is 2.19 bits per heavy atom. The molecule has 0 atom stereocenters. The Balaban J connectivity index is 1.39. The first-order valence-electron chi connectivity index (χ1n) is 10.9. The molecule has 2 fully saturated rings. The van der Waals surface area contributed by atoms with Crippen LogP contribution in [0, 0.1) is 0 Å². The van der Waals surface area contributed by atoms with Crippen molar-refractivity contribution in [1.82, 2.24) is 14.9 Å². The Kier molecular flexibility index (Phi) is 7.26. The summed E-state index contributed by atoms with van der Waals surface area (Å²) < 4.78 is 32.5. The highest BCUT2D eigenvalue weighted by Crippen LogP contribution is 2.22. The van der Waals surface area contributed by atoms with Crippen LogP contribution in [0.3, 0.4) is 0 Å². The maximum absolute atomic E-state index is 12.3. The highest BCUT2D eigenvalue weighted by atomic mass is 32.2. The molecule has 1 saturated carbocycles. The van der Waals surface area contributed by atoms with Gasteiger partial charge in [-0.3, -0.25) is 4.79 Å². The number of likely N-dealkylation sites (tertiary alicyclic amines) is 1. The van der Waals surface area contributed by atoms with Gasteiger partial charge in [0, 0.05) is 31.6 Å². The molecule has 2 amide bonds. The molecule has 31 heavy (non-hydrogen) atoms. The quantitative estimate of drug-likeness (QED) is 0.663. The zero-order valence-electron chi connectivity index (χ0n) is 18.5. The number of carbonyl (C=O) groups is 2. The fraction of sp³-hybridized carbons (Fsp3) is 0.636. The van der Waals surface area contributed by atoms with E-state index in [2.05, 4.69) is 10.0 Å². The normalized spacial score (nSPS) is 18.0. The van der Waals surface area contributed by atoms with Gasteiger partial charge < -0.3 is 15.0 Å². The summed E-state index contributed by atoms with van der Waals surface area (Å²) >= 11 is 0. The number of nitrogens with zero attached hydrogens (tertiary/aromatic N) is 1. The van der Waals surface area contributed by atoms with Crippen LogP contribution in [-0.2, 0) is 26.0 Å². The number of benzene rings is 1. The van der Waals surface area contributed by atoms with Gasteiger partial charge in [-0.15, -0.1) is 0 Å². The van der Waals surface area contributed by atoms with Gasteiger partial charge in [0.15, 0.2) is 0 Å². The summed E-state index contributed by atoms with van der Waals surface area (Å²) in [7, 11) is -3.45. The fourth-order valence-corrected chi connectivity index (χ4v) is 4.72. The van der Waals surface area contributed by atoms with Crippen molar-refractivity contribution < 1.29 is 22.7 Å². The van der Waals surface area contributed by atoms with Crippen molar-refractivity contribution in [3.05, 3.63) is 29.8 Å². The molecule has 1 aliphatic carbocycles. The van der Waals surface area contributed by atoms with Crippen LogP contribution >= 0.6 is 0 Å². The van der Waals surface area contributed by atoms with Crippen molar-refractivity contribution >= 4 is 22.0 Å². The molecule has 1 aliphatic heterocycles. The van der Waals surface area contributed by atoms with Crippen LogP contribution < -0.4 is 10.0 Å². The molecule has 1 aromatic rings. The molecule has 0 bridgehead atoms. The van der Waals surface area contributed by atoms with E-state index in [1.807, 2.05) is 20.8 Å². The van der Waals surface area contributed by atoms with Gasteiger partial charge in [-0.25, -0.2) is 17.9 Å². The van der Waals surface area contributed by atoms with Crippen LogP contribution in [0.1, 0.15) is 58.4 Å². The average Bonchev–Trinajstić information content (AvgIpc) is 3.49. The van der Waals surface area contributed by atoms with E-state index in [0.29, 0.717) is 38.8 Å². The number of piperidine rings is 1. The van der Waals surface area contributed by atoms with Crippen molar-refractivity contribution in [3.63, 3.8) is 0 Å². The molecular weight excluding hydrogens is 418 g/mol. The first-order chi connectivity index (χ1) is 14.5. The van der Waals surface area contributed by atoms with E-state index in [9.17, 15) is 18.0 Å². The first-order valence-corrected chi connectivity index (χ1v) is 12.4. The third-order valence-electron chi connectivity index (χ3n) is 5.29. The molecule has 2 aliphatic rings. The van der Waals surface area contributed by atoms with Gasteiger partial charge in [0.25, 0.3) is 0 Å². The van der Waals surface area contributed by atoms with E-state index >= 15 is 0 Å². The predicted octanol–water partition coefficient (Wildman–Crippen LogP) is 2.58. The second-order valence-corrected chi connectivity index (χ2v) is 11.1. The van der Waals surface area contributed by atoms with Gasteiger partial charge in [0.2, 0.25) is 15.9 Å². The molecule has 9 heteroatoms. The minimum atomic E-state index is -3.45. The minimum Gasteiger partial charge on any atom is -0.444 e. The number of rotatable bonds is 7. The summed E-state index contributed by atoms with van der Waals surface area (Å²) in [5.41, 5.74) is 0.401. The number of hydrogen-bond donors (Lipinski definition) is 2. The van der Waals surface area contributed by atoms with Crippen molar-refractivity contribution in [2.75, 3.05) is 13.1 Å². The summed E-state index contributed by atoms with van der Waals surface area (Å²) in [6.45, 7) is 6.65. The second kappa shape index (κ2) is 9.56. The van der Waals surface area contributed by atoms with Gasteiger partial charge in [-0.05, 0) is 70.6 Å². The maximum Gasteiger partial charge on any atom is 0.410 e. The number of ether oxygens (including phenoxy) is 1. The lowest BCUT2D eigenvalue weighted by molar-refractivity contribution is -0.122. The molecule has 1 aromatic carbocycles. The summed E-state index contributed by atoms with van der Waals surface area (Å²) in [5, 5.41) is 3.04. The molecule has 0 unspecified atom stereocenters. The standard InChI is InChI=1S/C22H33N3O5S/c1-22(2,3)30-21(27)25-14-12-17(13-15-25)23-20(26)11-6-16-4-9-19(10-5-16)31(28,29)24-18-7-8-18/h4-5,9-10,17-18,24H,6-8,11-15H2,1-3H3,(H,23,26).